The van der Waals surface area contributed by atoms with Crippen LogP contribution in [0, 0.1) is 11.8 Å². The van der Waals surface area contributed by atoms with E-state index >= 15 is 0 Å². The minimum atomic E-state index is -0.228. The smallest absolute Gasteiger partial charge is 0.410 e. The number of piperidine rings is 1. The van der Waals surface area contributed by atoms with E-state index in [0.717, 1.165) is 41.0 Å². The SMILES string of the molecule is CC(C)OC(=O)N1CCC(COc2ccc(-n3ccc4cc(NC(=O)C(C)C)ccc43)nc2)CC1. The summed E-state index contributed by atoms with van der Waals surface area (Å²) in [5, 5.41) is 3.97. The molecule has 2 aromatic heterocycles. The van der Waals surface area contributed by atoms with Crippen LogP contribution in [0.25, 0.3) is 16.7 Å². The first-order valence-corrected chi connectivity index (χ1v) is 12.3. The van der Waals surface area contributed by atoms with Gasteiger partial charge in [-0.1, -0.05) is 13.8 Å². The fourth-order valence-corrected chi connectivity index (χ4v) is 4.08. The minimum absolute atomic E-state index is 0.000207. The molecule has 0 saturated carbocycles. The number of carbonyl (C=O) groups excluding carboxylic acids is 2. The summed E-state index contributed by atoms with van der Waals surface area (Å²) in [5.41, 5.74) is 1.80. The number of rotatable bonds is 7. The number of anilines is 1. The summed E-state index contributed by atoms with van der Waals surface area (Å²) >= 11 is 0. The van der Waals surface area contributed by atoms with Gasteiger partial charge in [-0.2, -0.15) is 0 Å². The first kappa shape index (κ1) is 24.6. The summed E-state index contributed by atoms with van der Waals surface area (Å²) < 4.78 is 13.3. The summed E-state index contributed by atoms with van der Waals surface area (Å²) in [7, 11) is 0. The molecule has 8 heteroatoms. The molecular formula is C27H34N4O4. The van der Waals surface area contributed by atoms with Gasteiger partial charge in [-0.3, -0.25) is 4.79 Å². The fraction of sp³-hybridized carbons (Fsp3) is 0.444. The molecule has 1 aliphatic rings. The summed E-state index contributed by atoms with van der Waals surface area (Å²) in [6, 6.07) is 11.7. The highest BCUT2D eigenvalue weighted by Crippen LogP contribution is 2.25. The molecule has 4 rings (SSSR count). The second-order valence-electron chi connectivity index (χ2n) is 9.63. The predicted molar refractivity (Wildman–Crippen MR) is 136 cm³/mol. The summed E-state index contributed by atoms with van der Waals surface area (Å²) in [6.07, 6.45) is 5.18. The number of ether oxygens (including phenoxy) is 2. The molecule has 35 heavy (non-hydrogen) atoms. The standard InChI is InChI=1S/C27H34N4O4/c1-18(2)26(32)29-22-5-7-24-21(15-22)11-14-31(24)25-8-6-23(16-28-25)34-17-20-9-12-30(13-10-20)27(33)35-19(3)4/h5-8,11,14-16,18-20H,9-10,12-13,17H2,1-4H3,(H,29,32). The van der Waals surface area contributed by atoms with Crippen molar-refractivity contribution in [2.24, 2.45) is 11.8 Å². The third kappa shape index (κ3) is 6.12. The molecule has 0 spiro atoms. The number of hydrogen-bond acceptors (Lipinski definition) is 5. The topological polar surface area (TPSA) is 85.7 Å². The molecule has 3 heterocycles. The second-order valence-corrected chi connectivity index (χ2v) is 9.63. The normalized spacial score (nSPS) is 14.5. The van der Waals surface area contributed by atoms with E-state index in [-0.39, 0.29) is 24.0 Å². The lowest BCUT2D eigenvalue weighted by Gasteiger charge is -2.31. The Morgan fingerprint density at radius 3 is 2.51 bits per heavy atom. The Labute approximate surface area is 206 Å². The molecule has 8 nitrogen and oxygen atoms in total. The Morgan fingerprint density at radius 1 is 1.09 bits per heavy atom. The van der Waals surface area contributed by atoms with E-state index in [9.17, 15) is 9.59 Å². The molecule has 0 radical (unpaired) electrons. The Morgan fingerprint density at radius 2 is 1.86 bits per heavy atom. The number of pyridine rings is 1. The number of nitrogens with zero attached hydrogens (tertiary/aromatic N) is 3. The highest BCUT2D eigenvalue weighted by molar-refractivity contribution is 5.95. The molecule has 1 N–H and O–H groups in total. The van der Waals surface area contributed by atoms with Gasteiger partial charge >= 0.3 is 6.09 Å². The summed E-state index contributed by atoms with van der Waals surface area (Å²) in [6.45, 7) is 9.47. The highest BCUT2D eigenvalue weighted by Gasteiger charge is 2.24. The van der Waals surface area contributed by atoms with Gasteiger partial charge < -0.3 is 24.3 Å². The average Bonchev–Trinajstić information content (AvgIpc) is 3.26. The Hall–Kier alpha value is -3.55. The van der Waals surface area contributed by atoms with Crippen LogP contribution in [0.15, 0.2) is 48.8 Å². The van der Waals surface area contributed by atoms with Crippen LogP contribution in [0.4, 0.5) is 10.5 Å². The van der Waals surface area contributed by atoms with Gasteiger partial charge in [-0.05, 0) is 69.0 Å². The molecular weight excluding hydrogens is 444 g/mol. The van der Waals surface area contributed by atoms with E-state index in [1.54, 1.807) is 11.1 Å². The van der Waals surface area contributed by atoms with Crippen LogP contribution in [0.5, 0.6) is 5.75 Å². The van der Waals surface area contributed by atoms with Gasteiger partial charge in [0, 0.05) is 36.3 Å². The third-order valence-corrected chi connectivity index (χ3v) is 6.14. The second kappa shape index (κ2) is 10.8. The predicted octanol–water partition coefficient (Wildman–Crippen LogP) is 5.26. The van der Waals surface area contributed by atoms with Crippen molar-refractivity contribution in [2.45, 2.75) is 46.6 Å². The Bertz CT molecular complexity index is 1160. The van der Waals surface area contributed by atoms with E-state index in [1.807, 2.05) is 74.9 Å². The zero-order valence-corrected chi connectivity index (χ0v) is 20.9. The molecule has 1 fully saturated rings. The number of benzene rings is 1. The maximum Gasteiger partial charge on any atom is 0.410 e. The van der Waals surface area contributed by atoms with E-state index in [1.165, 1.54) is 0 Å². The zero-order chi connectivity index (χ0) is 24.9. The van der Waals surface area contributed by atoms with Gasteiger partial charge in [0.25, 0.3) is 0 Å². The maximum atomic E-state index is 12.0. The molecule has 0 aliphatic carbocycles. The van der Waals surface area contributed by atoms with Crippen molar-refractivity contribution in [2.75, 3.05) is 25.0 Å². The van der Waals surface area contributed by atoms with Gasteiger partial charge in [0.2, 0.25) is 5.91 Å². The number of nitrogens with one attached hydrogen (secondary N) is 1. The molecule has 2 amide bonds. The first-order valence-electron chi connectivity index (χ1n) is 12.3. The third-order valence-electron chi connectivity index (χ3n) is 6.14. The minimum Gasteiger partial charge on any atom is -0.492 e. The van der Waals surface area contributed by atoms with Crippen molar-refractivity contribution in [1.29, 1.82) is 0 Å². The number of carbonyl (C=O) groups is 2. The van der Waals surface area contributed by atoms with Crippen LogP contribution in [-0.2, 0) is 9.53 Å². The van der Waals surface area contributed by atoms with Crippen molar-refractivity contribution in [3.63, 3.8) is 0 Å². The maximum absolute atomic E-state index is 12.0. The Balaban J connectivity index is 1.32. The van der Waals surface area contributed by atoms with Crippen molar-refractivity contribution >= 4 is 28.6 Å². The molecule has 1 aromatic carbocycles. The Kier molecular flexibility index (Phi) is 7.58. The van der Waals surface area contributed by atoms with Gasteiger partial charge in [0.15, 0.2) is 0 Å². The fourth-order valence-electron chi connectivity index (χ4n) is 4.08. The van der Waals surface area contributed by atoms with E-state index < -0.39 is 0 Å². The number of hydrogen-bond donors (Lipinski definition) is 1. The van der Waals surface area contributed by atoms with Gasteiger partial charge in [0.05, 0.1) is 24.4 Å². The molecule has 3 aromatic rings. The van der Waals surface area contributed by atoms with Crippen LogP contribution in [0.1, 0.15) is 40.5 Å². The molecule has 1 aliphatic heterocycles. The molecule has 186 valence electrons. The summed E-state index contributed by atoms with van der Waals surface area (Å²) in [5.74, 6) is 1.85. The molecule has 0 bridgehead atoms. The van der Waals surface area contributed by atoms with Crippen molar-refractivity contribution in [3.05, 3.63) is 48.8 Å². The van der Waals surface area contributed by atoms with Gasteiger partial charge in [0.1, 0.15) is 11.6 Å². The van der Waals surface area contributed by atoms with Crippen LogP contribution >= 0.6 is 0 Å². The van der Waals surface area contributed by atoms with Crippen LogP contribution in [0.2, 0.25) is 0 Å². The quantitative estimate of drug-likeness (QED) is 0.501. The largest absolute Gasteiger partial charge is 0.492 e. The van der Waals surface area contributed by atoms with Crippen molar-refractivity contribution < 1.29 is 19.1 Å². The number of aromatic nitrogens is 2. The molecule has 0 unspecified atom stereocenters. The van der Waals surface area contributed by atoms with Crippen LogP contribution < -0.4 is 10.1 Å². The number of likely N-dealkylation sites (tertiary alicyclic amines) is 1. The molecule has 0 atom stereocenters. The van der Waals surface area contributed by atoms with Gasteiger partial charge in [-0.15, -0.1) is 0 Å². The first-order chi connectivity index (χ1) is 16.8. The lowest BCUT2D eigenvalue weighted by Crippen LogP contribution is -2.40. The van der Waals surface area contributed by atoms with E-state index in [0.29, 0.717) is 25.6 Å². The monoisotopic (exact) mass is 478 g/mol. The van der Waals surface area contributed by atoms with E-state index in [2.05, 4.69) is 10.3 Å². The lowest BCUT2D eigenvalue weighted by atomic mass is 9.98. The zero-order valence-electron chi connectivity index (χ0n) is 20.9. The van der Waals surface area contributed by atoms with Gasteiger partial charge in [-0.25, -0.2) is 9.78 Å². The highest BCUT2D eigenvalue weighted by atomic mass is 16.6. The average molecular weight is 479 g/mol. The van der Waals surface area contributed by atoms with Crippen LogP contribution in [0.3, 0.4) is 0 Å². The number of fused-ring (bicyclic) bond motifs is 1. The molecule has 1 saturated heterocycles. The lowest BCUT2D eigenvalue weighted by molar-refractivity contribution is -0.118. The number of amides is 2. The van der Waals surface area contributed by atoms with Crippen molar-refractivity contribution in [1.82, 2.24) is 14.5 Å². The van der Waals surface area contributed by atoms with Crippen molar-refractivity contribution in [3.8, 4) is 11.6 Å². The van der Waals surface area contributed by atoms with E-state index in [4.69, 9.17) is 9.47 Å². The summed E-state index contributed by atoms with van der Waals surface area (Å²) in [4.78, 5) is 30.4. The van der Waals surface area contributed by atoms with Crippen LogP contribution in [-0.4, -0.2) is 52.3 Å².